The van der Waals surface area contributed by atoms with Gasteiger partial charge in [0.05, 0.1) is 13.2 Å². The summed E-state index contributed by atoms with van der Waals surface area (Å²) in [6, 6.07) is 0. The van der Waals surface area contributed by atoms with Crippen molar-refractivity contribution in [2.24, 2.45) is 0 Å². The number of rotatable bonds is 4. The molecule has 2 aliphatic carbocycles. The molecule has 3 aliphatic heterocycles. The zero-order valence-corrected chi connectivity index (χ0v) is 18.2. The van der Waals surface area contributed by atoms with Crippen LogP contribution >= 0.6 is 0 Å². The first kappa shape index (κ1) is 21.6. The predicted octanol–water partition coefficient (Wildman–Crippen LogP) is 2.38. The maximum Gasteiger partial charge on any atom is 0.396 e. The van der Waals surface area contributed by atoms with Crippen LogP contribution in [0.2, 0.25) is 0 Å². The molecule has 9 heteroatoms. The van der Waals surface area contributed by atoms with Gasteiger partial charge in [0.1, 0.15) is 18.3 Å². The third kappa shape index (κ3) is 4.11. The van der Waals surface area contributed by atoms with Gasteiger partial charge >= 0.3 is 5.97 Å². The summed E-state index contributed by atoms with van der Waals surface area (Å²) < 4.78 is 36.9. The normalized spacial score (nSPS) is 39.1. The second-order valence-electron chi connectivity index (χ2n) is 9.31. The summed E-state index contributed by atoms with van der Waals surface area (Å²) in [6.07, 6.45) is 7.92. The van der Waals surface area contributed by atoms with Crippen LogP contribution in [0.5, 0.6) is 0 Å². The molecule has 5 aliphatic rings. The minimum absolute atomic E-state index is 0.196. The summed E-state index contributed by atoms with van der Waals surface area (Å²) >= 11 is 0. The Labute approximate surface area is 182 Å². The number of carbonyl (C=O) groups is 1. The topological polar surface area (TPSA) is 98.5 Å². The third-order valence-electron chi connectivity index (χ3n) is 7.17. The molecule has 0 radical (unpaired) electrons. The summed E-state index contributed by atoms with van der Waals surface area (Å²) in [4.78, 5) is 11.8. The van der Waals surface area contributed by atoms with Crippen molar-refractivity contribution in [2.45, 2.75) is 113 Å². The molecule has 2 spiro atoms. The van der Waals surface area contributed by atoms with Crippen LogP contribution in [0.3, 0.4) is 0 Å². The van der Waals surface area contributed by atoms with Crippen molar-refractivity contribution in [1.29, 1.82) is 0 Å². The van der Waals surface area contributed by atoms with Crippen LogP contribution in [-0.4, -0.2) is 72.4 Å². The molecule has 174 valence electrons. The Kier molecular flexibility index (Phi) is 5.98. The monoisotopic (exact) mass is 439 g/mol. The summed E-state index contributed by atoms with van der Waals surface area (Å²) in [7, 11) is 0. The largest absolute Gasteiger partial charge is 0.622 e. The number of hydrogen-bond donors (Lipinski definition) is 0. The van der Waals surface area contributed by atoms with Gasteiger partial charge in [-0.05, 0) is 32.6 Å². The first-order valence-corrected chi connectivity index (χ1v) is 11.8. The fraction of sp³-hybridized carbons (Fsp3) is 0.909. The molecule has 3 saturated heterocycles. The highest BCUT2D eigenvalue weighted by molar-refractivity contribution is 6.20. The van der Waals surface area contributed by atoms with Crippen molar-refractivity contribution in [3.8, 4) is 0 Å². The van der Waals surface area contributed by atoms with E-state index in [4.69, 9.17) is 28.4 Å². The molecular weight excluding hydrogens is 406 g/mol. The van der Waals surface area contributed by atoms with E-state index in [-0.39, 0.29) is 12.7 Å². The number of carbonyl (C=O) groups excluding carboxylic acids is 1. The lowest BCUT2D eigenvalue weighted by molar-refractivity contribution is -0.562. The summed E-state index contributed by atoms with van der Waals surface area (Å²) in [5.74, 6) is -1.93. The van der Waals surface area contributed by atoms with Gasteiger partial charge in [0.25, 0.3) is 12.4 Å². The molecular formula is C22H33NO8. The van der Waals surface area contributed by atoms with E-state index in [1.54, 1.807) is 6.92 Å². The van der Waals surface area contributed by atoms with E-state index in [0.717, 1.165) is 64.0 Å². The summed E-state index contributed by atoms with van der Waals surface area (Å²) in [5, 5.41) is 12.8. The summed E-state index contributed by atoms with van der Waals surface area (Å²) in [5.41, 5.74) is 0. The smallest absolute Gasteiger partial charge is 0.396 e. The molecule has 0 amide bonds. The average Bonchev–Trinajstić information content (AvgIpc) is 3.41. The van der Waals surface area contributed by atoms with Gasteiger partial charge in [0.2, 0.25) is 0 Å². The van der Waals surface area contributed by atoms with Crippen LogP contribution in [0, 0.1) is 5.21 Å². The molecule has 3 heterocycles. The van der Waals surface area contributed by atoms with E-state index in [0.29, 0.717) is 11.3 Å². The van der Waals surface area contributed by atoms with Crippen molar-refractivity contribution < 1.29 is 38.0 Å². The van der Waals surface area contributed by atoms with E-state index in [9.17, 15) is 10.0 Å². The highest BCUT2D eigenvalue weighted by atomic mass is 16.8. The second-order valence-corrected chi connectivity index (χ2v) is 9.31. The van der Waals surface area contributed by atoms with Crippen LogP contribution in [0.4, 0.5) is 0 Å². The van der Waals surface area contributed by atoms with E-state index >= 15 is 0 Å². The van der Waals surface area contributed by atoms with Gasteiger partial charge in [-0.2, -0.15) is 4.74 Å². The Morgan fingerprint density at radius 1 is 0.968 bits per heavy atom. The van der Waals surface area contributed by atoms with Gasteiger partial charge in [-0.25, -0.2) is 4.79 Å². The molecule has 0 aromatic heterocycles. The Bertz CT molecular complexity index is 700. The molecule has 2 saturated carbocycles. The Balaban J connectivity index is 1.36. The van der Waals surface area contributed by atoms with Gasteiger partial charge in [-0.1, -0.05) is 12.8 Å². The van der Waals surface area contributed by atoms with Crippen LogP contribution in [0.25, 0.3) is 0 Å². The fourth-order valence-corrected chi connectivity index (χ4v) is 5.73. The number of esters is 1. The van der Waals surface area contributed by atoms with E-state index < -0.39 is 42.1 Å². The molecule has 0 aromatic rings. The molecule has 5 atom stereocenters. The third-order valence-corrected chi connectivity index (χ3v) is 7.17. The van der Waals surface area contributed by atoms with Crippen molar-refractivity contribution in [2.75, 3.05) is 13.2 Å². The standard InChI is InChI=1S/C22H33NO8/c1-2-26-16(24)13-23(25)20-19-18(30-22(31-19)11-7-4-8-12-22)17(28-20)15-14-27-21(29-15)9-5-3-6-10-21/h13,15,17-20H,2-12,14H2,1H3/b23-13-/t15-,17-,18+,19+,20+/m1/s1. The van der Waals surface area contributed by atoms with Crippen molar-refractivity contribution >= 4 is 12.2 Å². The van der Waals surface area contributed by atoms with Crippen LogP contribution in [0.1, 0.15) is 71.1 Å². The maximum atomic E-state index is 12.8. The molecule has 0 bridgehead atoms. The number of nitrogens with zero attached hydrogens (tertiary/aromatic N) is 1. The first-order valence-electron chi connectivity index (χ1n) is 11.8. The predicted molar refractivity (Wildman–Crippen MR) is 107 cm³/mol. The Hall–Kier alpha value is -1.26. The fourth-order valence-electron chi connectivity index (χ4n) is 5.73. The van der Waals surface area contributed by atoms with Crippen LogP contribution in [0.15, 0.2) is 0 Å². The van der Waals surface area contributed by atoms with Gasteiger partial charge in [-0.3, -0.25) is 0 Å². The molecule has 0 aromatic carbocycles. The SMILES string of the molecule is CCOC(=O)/C=[N+](\[O-])[C@H]1O[C@H]([C@H]2COC3(CCCCC3)O2)[C@@H]2OC3(CCCCC3)O[C@@H]21. The van der Waals surface area contributed by atoms with Crippen LogP contribution < -0.4 is 0 Å². The average molecular weight is 440 g/mol. The molecule has 9 nitrogen and oxygen atoms in total. The molecule has 0 unspecified atom stereocenters. The van der Waals surface area contributed by atoms with Gasteiger partial charge in [0.15, 0.2) is 17.7 Å². The Morgan fingerprint density at radius 3 is 2.29 bits per heavy atom. The van der Waals surface area contributed by atoms with Crippen molar-refractivity contribution in [3.63, 3.8) is 0 Å². The van der Waals surface area contributed by atoms with Crippen LogP contribution in [-0.2, 0) is 33.2 Å². The van der Waals surface area contributed by atoms with Gasteiger partial charge in [0, 0.05) is 25.7 Å². The number of fused-ring (bicyclic) bond motifs is 1. The van der Waals surface area contributed by atoms with Crippen molar-refractivity contribution in [3.05, 3.63) is 5.21 Å². The lowest BCUT2D eigenvalue weighted by atomic mass is 9.94. The van der Waals surface area contributed by atoms with E-state index in [2.05, 4.69) is 0 Å². The number of hydrogen-bond acceptors (Lipinski definition) is 8. The highest BCUT2D eigenvalue weighted by Crippen LogP contribution is 2.48. The Morgan fingerprint density at radius 2 is 1.61 bits per heavy atom. The van der Waals surface area contributed by atoms with E-state index in [1.807, 2.05) is 0 Å². The zero-order chi connectivity index (χ0) is 21.5. The van der Waals surface area contributed by atoms with Crippen molar-refractivity contribution in [1.82, 2.24) is 0 Å². The lowest BCUT2D eigenvalue weighted by Gasteiger charge is -2.35. The van der Waals surface area contributed by atoms with Gasteiger partial charge < -0.3 is 33.6 Å². The lowest BCUT2D eigenvalue weighted by Crippen LogP contribution is -2.43. The number of ether oxygens (including phenoxy) is 6. The summed E-state index contributed by atoms with van der Waals surface area (Å²) in [6.45, 7) is 2.29. The minimum Gasteiger partial charge on any atom is -0.622 e. The molecule has 31 heavy (non-hydrogen) atoms. The number of hydroxylamine groups is 1. The maximum absolute atomic E-state index is 12.8. The quantitative estimate of drug-likeness (QED) is 0.216. The van der Waals surface area contributed by atoms with E-state index in [1.165, 1.54) is 6.42 Å². The first-order chi connectivity index (χ1) is 15.0. The molecule has 5 rings (SSSR count). The highest BCUT2D eigenvalue weighted by Gasteiger charge is 2.64. The minimum atomic E-state index is -0.993. The second kappa shape index (κ2) is 8.59. The zero-order valence-electron chi connectivity index (χ0n) is 18.2. The molecule has 5 fully saturated rings. The molecule has 0 N–H and O–H groups in total. The van der Waals surface area contributed by atoms with Gasteiger partial charge in [-0.15, -0.1) is 0 Å².